The zero-order valence-electron chi connectivity index (χ0n) is 14.3. The lowest BCUT2D eigenvalue weighted by Gasteiger charge is -2.32. The molecular formula is C18H36N2. The highest BCUT2D eigenvalue weighted by molar-refractivity contribution is 5.14. The molecule has 118 valence electrons. The summed E-state index contributed by atoms with van der Waals surface area (Å²) in [4.78, 5) is 2.61. The molecule has 2 nitrogen and oxygen atoms in total. The lowest BCUT2D eigenvalue weighted by Crippen LogP contribution is -2.32. The Labute approximate surface area is 126 Å². The van der Waals surface area contributed by atoms with Gasteiger partial charge < -0.3 is 5.73 Å². The van der Waals surface area contributed by atoms with Crippen LogP contribution in [0, 0.1) is 11.3 Å². The Kier molecular flexibility index (Phi) is 7.83. The summed E-state index contributed by atoms with van der Waals surface area (Å²) in [5.41, 5.74) is 7.71. The maximum Gasteiger partial charge on any atom is 0.0166 e. The molecule has 0 amide bonds. The van der Waals surface area contributed by atoms with Gasteiger partial charge in [0.25, 0.3) is 0 Å². The van der Waals surface area contributed by atoms with Crippen molar-refractivity contribution in [3.05, 3.63) is 11.6 Å². The molecule has 1 unspecified atom stereocenters. The van der Waals surface area contributed by atoms with Gasteiger partial charge in [-0.1, -0.05) is 52.2 Å². The van der Waals surface area contributed by atoms with Crippen LogP contribution in [0.1, 0.15) is 66.2 Å². The van der Waals surface area contributed by atoms with Crippen molar-refractivity contribution in [1.29, 1.82) is 0 Å². The average Bonchev–Trinajstić information content (AvgIpc) is 2.39. The van der Waals surface area contributed by atoms with Crippen LogP contribution < -0.4 is 5.73 Å². The fourth-order valence-corrected chi connectivity index (χ4v) is 3.28. The summed E-state index contributed by atoms with van der Waals surface area (Å²) >= 11 is 0. The molecule has 1 aliphatic heterocycles. The molecular weight excluding hydrogens is 244 g/mol. The summed E-state index contributed by atoms with van der Waals surface area (Å²) < 4.78 is 0. The quantitative estimate of drug-likeness (QED) is 0.675. The predicted octanol–water partition coefficient (Wildman–Crippen LogP) is 4.21. The highest BCUT2D eigenvalue weighted by Crippen LogP contribution is 2.30. The Hall–Kier alpha value is -0.340. The summed E-state index contributed by atoms with van der Waals surface area (Å²) in [6.45, 7) is 13.8. The van der Waals surface area contributed by atoms with Crippen LogP contribution in [-0.4, -0.2) is 31.1 Å². The minimum atomic E-state index is 0.361. The molecule has 1 heterocycles. The maximum absolute atomic E-state index is 5.71. The van der Waals surface area contributed by atoms with Crippen molar-refractivity contribution in [3.8, 4) is 0 Å². The summed E-state index contributed by atoms with van der Waals surface area (Å²) in [5.74, 6) is 0.857. The van der Waals surface area contributed by atoms with Crippen LogP contribution >= 0.6 is 0 Å². The molecule has 1 aliphatic rings. The molecule has 2 N–H and O–H groups in total. The van der Waals surface area contributed by atoms with Gasteiger partial charge in [-0.2, -0.15) is 0 Å². The van der Waals surface area contributed by atoms with Crippen molar-refractivity contribution in [2.75, 3.05) is 26.2 Å². The average molecular weight is 281 g/mol. The Balaban J connectivity index is 2.25. The van der Waals surface area contributed by atoms with Gasteiger partial charge in [-0.05, 0) is 50.1 Å². The third kappa shape index (κ3) is 6.41. The topological polar surface area (TPSA) is 29.3 Å². The van der Waals surface area contributed by atoms with E-state index in [1.54, 1.807) is 5.57 Å². The van der Waals surface area contributed by atoms with Crippen LogP contribution in [0.2, 0.25) is 0 Å². The molecule has 1 rings (SSSR count). The second-order valence-electron chi connectivity index (χ2n) is 7.40. The molecule has 0 spiro atoms. The molecule has 0 aromatic rings. The SMILES string of the molecule is CCCC(CCN)CCCN1CC=C(C(C)(C)C)CC1. The summed E-state index contributed by atoms with van der Waals surface area (Å²) in [6, 6.07) is 0. The van der Waals surface area contributed by atoms with E-state index >= 15 is 0 Å². The van der Waals surface area contributed by atoms with Gasteiger partial charge in [0.1, 0.15) is 0 Å². The van der Waals surface area contributed by atoms with Crippen molar-refractivity contribution < 1.29 is 0 Å². The molecule has 0 radical (unpaired) electrons. The van der Waals surface area contributed by atoms with Gasteiger partial charge in [0.15, 0.2) is 0 Å². The second kappa shape index (κ2) is 8.84. The summed E-state index contributed by atoms with van der Waals surface area (Å²) in [7, 11) is 0. The van der Waals surface area contributed by atoms with Crippen molar-refractivity contribution >= 4 is 0 Å². The minimum absolute atomic E-state index is 0.361. The standard InChI is InChI=1S/C18H36N2/c1-5-7-16(9-12-19)8-6-13-20-14-10-17(11-15-20)18(2,3)4/h10,16H,5-9,11-15,19H2,1-4H3. The Morgan fingerprint density at radius 2 is 2.00 bits per heavy atom. The fourth-order valence-electron chi connectivity index (χ4n) is 3.28. The molecule has 0 aromatic carbocycles. The van der Waals surface area contributed by atoms with E-state index in [1.807, 2.05) is 0 Å². The van der Waals surface area contributed by atoms with E-state index in [4.69, 9.17) is 5.73 Å². The number of rotatable bonds is 8. The van der Waals surface area contributed by atoms with Gasteiger partial charge in [0, 0.05) is 13.1 Å². The molecule has 1 atom stereocenters. The third-order valence-electron chi connectivity index (χ3n) is 4.62. The molecule has 0 aromatic heterocycles. The van der Waals surface area contributed by atoms with E-state index in [9.17, 15) is 0 Å². The summed E-state index contributed by atoms with van der Waals surface area (Å²) in [5, 5.41) is 0. The summed E-state index contributed by atoms with van der Waals surface area (Å²) in [6.07, 6.45) is 10.3. The highest BCUT2D eigenvalue weighted by Gasteiger charge is 2.21. The van der Waals surface area contributed by atoms with Crippen molar-refractivity contribution in [2.24, 2.45) is 17.1 Å². The van der Waals surface area contributed by atoms with Gasteiger partial charge in [0.2, 0.25) is 0 Å². The Bertz CT molecular complexity index is 282. The zero-order valence-corrected chi connectivity index (χ0v) is 14.3. The minimum Gasteiger partial charge on any atom is -0.330 e. The molecule has 0 fully saturated rings. The lowest BCUT2D eigenvalue weighted by molar-refractivity contribution is 0.262. The monoisotopic (exact) mass is 280 g/mol. The molecule has 0 bridgehead atoms. The fraction of sp³-hybridized carbons (Fsp3) is 0.889. The van der Waals surface area contributed by atoms with E-state index < -0.39 is 0 Å². The molecule has 2 heteroatoms. The third-order valence-corrected chi connectivity index (χ3v) is 4.62. The number of hydrogen-bond donors (Lipinski definition) is 1. The van der Waals surface area contributed by atoms with Crippen LogP contribution in [0.25, 0.3) is 0 Å². The van der Waals surface area contributed by atoms with Gasteiger partial charge in [-0.15, -0.1) is 0 Å². The van der Waals surface area contributed by atoms with Crippen LogP contribution in [-0.2, 0) is 0 Å². The molecule has 0 saturated carbocycles. The lowest BCUT2D eigenvalue weighted by atomic mass is 9.83. The van der Waals surface area contributed by atoms with Gasteiger partial charge >= 0.3 is 0 Å². The Morgan fingerprint density at radius 3 is 2.50 bits per heavy atom. The first kappa shape index (κ1) is 17.7. The number of nitrogens with two attached hydrogens (primary N) is 1. The zero-order chi connectivity index (χ0) is 15.0. The largest absolute Gasteiger partial charge is 0.330 e. The smallest absolute Gasteiger partial charge is 0.0166 e. The van der Waals surface area contributed by atoms with Gasteiger partial charge in [-0.3, -0.25) is 4.90 Å². The van der Waals surface area contributed by atoms with E-state index in [0.717, 1.165) is 19.0 Å². The first-order valence-electron chi connectivity index (χ1n) is 8.59. The van der Waals surface area contributed by atoms with Crippen LogP contribution in [0.3, 0.4) is 0 Å². The van der Waals surface area contributed by atoms with Crippen LogP contribution in [0.4, 0.5) is 0 Å². The molecule has 20 heavy (non-hydrogen) atoms. The first-order valence-corrected chi connectivity index (χ1v) is 8.59. The normalized spacial score (nSPS) is 18.9. The number of nitrogens with zero attached hydrogens (tertiary/aromatic N) is 1. The van der Waals surface area contributed by atoms with Crippen molar-refractivity contribution in [2.45, 2.75) is 66.2 Å². The van der Waals surface area contributed by atoms with Gasteiger partial charge in [0.05, 0.1) is 0 Å². The van der Waals surface area contributed by atoms with Crippen molar-refractivity contribution in [1.82, 2.24) is 4.90 Å². The van der Waals surface area contributed by atoms with E-state index in [1.165, 1.54) is 51.6 Å². The van der Waals surface area contributed by atoms with Crippen molar-refractivity contribution in [3.63, 3.8) is 0 Å². The molecule has 0 aliphatic carbocycles. The number of hydrogen-bond acceptors (Lipinski definition) is 2. The first-order chi connectivity index (χ1) is 9.47. The molecule has 0 saturated heterocycles. The van der Waals surface area contributed by atoms with Crippen LogP contribution in [0.5, 0.6) is 0 Å². The van der Waals surface area contributed by atoms with Crippen LogP contribution in [0.15, 0.2) is 11.6 Å². The highest BCUT2D eigenvalue weighted by atomic mass is 15.1. The van der Waals surface area contributed by atoms with Gasteiger partial charge in [-0.25, -0.2) is 0 Å². The van der Waals surface area contributed by atoms with E-state index in [-0.39, 0.29) is 0 Å². The van der Waals surface area contributed by atoms with E-state index in [2.05, 4.69) is 38.7 Å². The second-order valence-corrected chi connectivity index (χ2v) is 7.40. The predicted molar refractivity (Wildman–Crippen MR) is 89.9 cm³/mol. The van der Waals surface area contributed by atoms with E-state index in [0.29, 0.717) is 5.41 Å². The Morgan fingerprint density at radius 1 is 1.25 bits per heavy atom. The maximum atomic E-state index is 5.71.